The van der Waals surface area contributed by atoms with Gasteiger partial charge in [0, 0.05) is 32.2 Å². The number of carboxylic acid groups (broad SMARTS) is 1. The summed E-state index contributed by atoms with van der Waals surface area (Å²) in [5.74, 6) is -0.740. The van der Waals surface area contributed by atoms with Gasteiger partial charge in [0.05, 0.1) is 11.6 Å². The first-order valence-electron chi connectivity index (χ1n) is 8.86. The van der Waals surface area contributed by atoms with Crippen LogP contribution in [0.3, 0.4) is 0 Å². The molecule has 0 unspecified atom stereocenters. The Morgan fingerprint density at radius 3 is 2.24 bits per heavy atom. The van der Waals surface area contributed by atoms with E-state index in [9.17, 15) is 14.7 Å². The summed E-state index contributed by atoms with van der Waals surface area (Å²) in [5.41, 5.74) is 0.801. The summed E-state index contributed by atoms with van der Waals surface area (Å²) in [6.45, 7) is 2.56. The van der Waals surface area contributed by atoms with Crippen LogP contribution in [0.2, 0.25) is 0 Å². The highest BCUT2D eigenvalue weighted by molar-refractivity contribution is 5.75. The van der Waals surface area contributed by atoms with E-state index in [-0.39, 0.29) is 23.7 Å². The Kier molecular flexibility index (Phi) is 5.31. The topological polar surface area (TPSA) is 93.1 Å². The summed E-state index contributed by atoms with van der Waals surface area (Å²) in [7, 11) is 0. The van der Waals surface area contributed by atoms with Gasteiger partial charge in [-0.3, -0.25) is 4.79 Å². The van der Waals surface area contributed by atoms with Crippen molar-refractivity contribution >= 4 is 17.7 Å². The van der Waals surface area contributed by atoms with Crippen LogP contribution in [0.25, 0.3) is 0 Å². The summed E-state index contributed by atoms with van der Waals surface area (Å²) in [5, 5.41) is 22.0. The van der Waals surface area contributed by atoms with E-state index in [1.54, 1.807) is 17.0 Å². The maximum Gasteiger partial charge on any atom is 0.317 e. The number of para-hydroxylation sites is 2. The summed E-state index contributed by atoms with van der Waals surface area (Å²) < 4.78 is 0. The number of nitrogens with zero attached hydrogens (tertiary/aromatic N) is 2. The maximum atomic E-state index is 12.4. The van der Waals surface area contributed by atoms with Crippen LogP contribution in [0, 0.1) is 5.92 Å². The Hall–Kier alpha value is -2.44. The summed E-state index contributed by atoms with van der Waals surface area (Å²) in [6.07, 6.45) is 2.70. The number of urea groups is 1. The average molecular weight is 347 g/mol. The molecule has 0 aromatic heterocycles. The smallest absolute Gasteiger partial charge is 0.317 e. The zero-order valence-corrected chi connectivity index (χ0v) is 14.2. The zero-order chi connectivity index (χ0) is 17.8. The minimum absolute atomic E-state index is 0.0688. The van der Waals surface area contributed by atoms with Crippen LogP contribution in [0.4, 0.5) is 10.5 Å². The highest BCUT2D eigenvalue weighted by Gasteiger charge is 2.29. The van der Waals surface area contributed by atoms with E-state index in [1.165, 1.54) is 0 Å². The number of aliphatic carboxylic acids is 1. The van der Waals surface area contributed by atoms with Crippen molar-refractivity contribution in [2.75, 3.05) is 31.1 Å². The van der Waals surface area contributed by atoms with Gasteiger partial charge in [0.15, 0.2) is 0 Å². The number of anilines is 1. The third-order valence-electron chi connectivity index (χ3n) is 5.19. The molecule has 1 aromatic carbocycles. The lowest BCUT2D eigenvalue weighted by Crippen LogP contribution is -2.54. The second-order valence-corrected chi connectivity index (χ2v) is 6.80. The van der Waals surface area contributed by atoms with E-state index in [1.807, 2.05) is 12.1 Å². The summed E-state index contributed by atoms with van der Waals surface area (Å²) >= 11 is 0. The number of amides is 2. The molecule has 3 N–H and O–H groups in total. The largest absolute Gasteiger partial charge is 0.506 e. The zero-order valence-electron chi connectivity index (χ0n) is 14.2. The molecule has 7 nitrogen and oxygen atoms in total. The standard InChI is InChI=1S/C18H25N3O4/c22-16-4-2-1-3-15(16)20-9-11-21(12-10-20)18(25)19-14-7-5-13(6-8-14)17(23)24/h1-4,13-14,22H,5-12H2,(H,19,25)(H,23,24). The molecule has 7 heteroatoms. The van der Waals surface area contributed by atoms with E-state index in [4.69, 9.17) is 5.11 Å². The van der Waals surface area contributed by atoms with Crippen LogP contribution in [0.5, 0.6) is 5.75 Å². The van der Waals surface area contributed by atoms with Gasteiger partial charge >= 0.3 is 12.0 Å². The summed E-state index contributed by atoms with van der Waals surface area (Å²) in [4.78, 5) is 27.3. The fourth-order valence-corrected chi connectivity index (χ4v) is 3.63. The van der Waals surface area contributed by atoms with E-state index in [2.05, 4.69) is 10.2 Å². The normalized spacial score (nSPS) is 24.0. The molecule has 0 bridgehead atoms. The van der Waals surface area contributed by atoms with Crippen molar-refractivity contribution in [2.24, 2.45) is 5.92 Å². The molecule has 0 spiro atoms. The number of nitrogens with one attached hydrogen (secondary N) is 1. The molecule has 0 radical (unpaired) electrons. The number of hydrogen-bond donors (Lipinski definition) is 3. The third-order valence-corrected chi connectivity index (χ3v) is 5.19. The van der Waals surface area contributed by atoms with Crippen molar-refractivity contribution in [1.29, 1.82) is 0 Å². The van der Waals surface area contributed by atoms with Crippen LogP contribution < -0.4 is 10.2 Å². The molecule has 1 heterocycles. The number of hydrogen-bond acceptors (Lipinski definition) is 4. The third kappa shape index (κ3) is 4.15. The first kappa shape index (κ1) is 17.4. The minimum Gasteiger partial charge on any atom is -0.506 e. The molecule has 1 saturated carbocycles. The van der Waals surface area contributed by atoms with Gasteiger partial charge in [0.2, 0.25) is 0 Å². The fourth-order valence-electron chi connectivity index (χ4n) is 3.63. The first-order chi connectivity index (χ1) is 12.0. The van der Waals surface area contributed by atoms with Gasteiger partial charge in [0.25, 0.3) is 0 Å². The lowest BCUT2D eigenvalue weighted by atomic mass is 9.86. The van der Waals surface area contributed by atoms with Gasteiger partial charge < -0.3 is 25.3 Å². The lowest BCUT2D eigenvalue weighted by molar-refractivity contribution is -0.142. The Morgan fingerprint density at radius 1 is 1.00 bits per heavy atom. The van der Waals surface area contributed by atoms with Crippen LogP contribution in [-0.4, -0.2) is 59.3 Å². The Bertz CT molecular complexity index is 621. The number of rotatable bonds is 3. The van der Waals surface area contributed by atoms with Crippen LogP contribution >= 0.6 is 0 Å². The fraction of sp³-hybridized carbons (Fsp3) is 0.556. The Morgan fingerprint density at radius 2 is 1.64 bits per heavy atom. The van der Waals surface area contributed by atoms with E-state index < -0.39 is 5.97 Å². The van der Waals surface area contributed by atoms with E-state index in [0.29, 0.717) is 39.0 Å². The van der Waals surface area contributed by atoms with Crippen molar-refractivity contribution < 1.29 is 19.8 Å². The monoisotopic (exact) mass is 347 g/mol. The number of carbonyl (C=O) groups excluding carboxylic acids is 1. The molecule has 25 heavy (non-hydrogen) atoms. The highest BCUT2D eigenvalue weighted by atomic mass is 16.4. The molecular formula is C18H25N3O4. The molecule has 3 rings (SSSR count). The quantitative estimate of drug-likeness (QED) is 0.776. The van der Waals surface area contributed by atoms with E-state index in [0.717, 1.165) is 18.5 Å². The number of carboxylic acids is 1. The molecular weight excluding hydrogens is 322 g/mol. The number of phenols is 1. The van der Waals surface area contributed by atoms with Crippen LogP contribution in [-0.2, 0) is 4.79 Å². The number of aromatic hydroxyl groups is 1. The number of benzene rings is 1. The second kappa shape index (κ2) is 7.63. The lowest BCUT2D eigenvalue weighted by Gasteiger charge is -2.37. The molecule has 1 aliphatic heterocycles. The predicted octanol–water partition coefficient (Wildman–Crippen LogP) is 1.87. The Labute approximate surface area is 147 Å². The maximum absolute atomic E-state index is 12.4. The van der Waals surface area contributed by atoms with Crippen LogP contribution in [0.15, 0.2) is 24.3 Å². The molecule has 2 fully saturated rings. The molecule has 1 aromatic rings. The number of piperazine rings is 1. The molecule has 2 amide bonds. The van der Waals surface area contributed by atoms with Crippen molar-refractivity contribution in [3.05, 3.63) is 24.3 Å². The minimum atomic E-state index is -0.731. The van der Waals surface area contributed by atoms with Crippen LogP contribution in [0.1, 0.15) is 25.7 Å². The molecule has 136 valence electrons. The van der Waals surface area contributed by atoms with Gasteiger partial charge in [-0.2, -0.15) is 0 Å². The molecule has 0 atom stereocenters. The van der Waals surface area contributed by atoms with Gasteiger partial charge in [0.1, 0.15) is 5.75 Å². The SMILES string of the molecule is O=C(O)C1CCC(NC(=O)N2CCN(c3ccccc3O)CC2)CC1. The van der Waals surface area contributed by atoms with E-state index >= 15 is 0 Å². The van der Waals surface area contributed by atoms with Gasteiger partial charge in [-0.05, 0) is 37.8 Å². The first-order valence-corrected chi connectivity index (χ1v) is 8.86. The molecule has 1 saturated heterocycles. The van der Waals surface area contributed by atoms with Gasteiger partial charge in [-0.1, -0.05) is 12.1 Å². The van der Waals surface area contributed by atoms with Crippen molar-refractivity contribution in [3.8, 4) is 5.75 Å². The van der Waals surface area contributed by atoms with Crippen molar-refractivity contribution in [3.63, 3.8) is 0 Å². The molecule has 2 aliphatic rings. The average Bonchev–Trinajstić information content (AvgIpc) is 2.63. The second-order valence-electron chi connectivity index (χ2n) is 6.80. The van der Waals surface area contributed by atoms with Gasteiger partial charge in [-0.15, -0.1) is 0 Å². The molecule has 1 aliphatic carbocycles. The van der Waals surface area contributed by atoms with Crippen molar-refractivity contribution in [1.82, 2.24) is 10.2 Å². The summed E-state index contributed by atoms with van der Waals surface area (Å²) in [6, 6.07) is 7.23. The number of carbonyl (C=O) groups is 2. The van der Waals surface area contributed by atoms with Crippen molar-refractivity contribution in [2.45, 2.75) is 31.7 Å². The van der Waals surface area contributed by atoms with Gasteiger partial charge in [-0.25, -0.2) is 4.79 Å². The Balaban J connectivity index is 1.46. The predicted molar refractivity (Wildman–Crippen MR) is 93.8 cm³/mol. The highest BCUT2D eigenvalue weighted by Crippen LogP contribution is 2.27. The number of phenolic OH excluding ortho intramolecular Hbond substituents is 1.